The lowest BCUT2D eigenvalue weighted by atomic mass is 10.1. The molecule has 3 heteroatoms. The molecule has 0 spiro atoms. The minimum Gasteiger partial charge on any atom is -0.497 e. The molecule has 0 saturated heterocycles. The van der Waals surface area contributed by atoms with Crippen molar-refractivity contribution in [2.24, 2.45) is 0 Å². The third-order valence-corrected chi connectivity index (χ3v) is 2.32. The zero-order chi connectivity index (χ0) is 12.1. The van der Waals surface area contributed by atoms with Gasteiger partial charge in [-0.15, -0.1) is 0 Å². The summed E-state index contributed by atoms with van der Waals surface area (Å²) in [6.07, 6.45) is 1.71. The van der Waals surface area contributed by atoms with Gasteiger partial charge in [-0.3, -0.25) is 4.79 Å². The summed E-state index contributed by atoms with van der Waals surface area (Å²) in [6, 6.07) is 5.44. The molecule has 2 rings (SSSR count). The number of hydrogen-bond acceptors (Lipinski definition) is 2. The van der Waals surface area contributed by atoms with Crippen molar-refractivity contribution in [1.29, 1.82) is 0 Å². The molecule has 86 valence electrons. The summed E-state index contributed by atoms with van der Waals surface area (Å²) in [5, 5.41) is 1.64. The predicted molar refractivity (Wildman–Crippen MR) is 67.2 cm³/mol. The van der Waals surface area contributed by atoms with Gasteiger partial charge < -0.3 is 9.72 Å². The Bertz CT molecular complexity index is 529. The maximum absolute atomic E-state index is 11.4. The average molecular weight is 219 g/mol. The lowest BCUT2D eigenvalue weighted by molar-refractivity contribution is 0.415. The number of H-pyrrole nitrogens is 1. The molecule has 1 N–H and O–H groups in total. The van der Waals surface area contributed by atoms with Crippen LogP contribution in [0.15, 0.2) is 29.2 Å². The van der Waals surface area contributed by atoms with Gasteiger partial charge in [-0.25, -0.2) is 0 Å². The second kappa shape index (κ2) is 5.35. The Morgan fingerprint density at radius 1 is 1.19 bits per heavy atom. The van der Waals surface area contributed by atoms with Gasteiger partial charge in [0, 0.05) is 11.6 Å². The summed E-state index contributed by atoms with van der Waals surface area (Å²) < 4.78 is 5.10. The Morgan fingerprint density at radius 2 is 1.88 bits per heavy atom. The van der Waals surface area contributed by atoms with E-state index in [4.69, 9.17) is 4.74 Å². The van der Waals surface area contributed by atoms with Crippen LogP contribution in [-0.2, 0) is 0 Å². The average Bonchev–Trinajstić information content (AvgIpc) is 2.36. The largest absolute Gasteiger partial charge is 0.497 e. The normalized spacial score (nSPS) is 9.50. The van der Waals surface area contributed by atoms with E-state index >= 15 is 0 Å². The van der Waals surface area contributed by atoms with Crippen LogP contribution >= 0.6 is 0 Å². The highest BCUT2D eigenvalue weighted by Gasteiger charge is 2.02. The van der Waals surface area contributed by atoms with E-state index in [1.165, 1.54) is 0 Å². The van der Waals surface area contributed by atoms with E-state index in [-0.39, 0.29) is 5.56 Å². The minimum absolute atomic E-state index is 0.0618. The quantitative estimate of drug-likeness (QED) is 0.801. The molecule has 1 aromatic heterocycles. The molecule has 0 radical (unpaired) electrons. The molecule has 0 aliphatic carbocycles. The van der Waals surface area contributed by atoms with Crippen LogP contribution in [0, 0.1) is 6.92 Å². The summed E-state index contributed by atoms with van der Waals surface area (Å²) in [5.41, 5.74) is 0.978. The van der Waals surface area contributed by atoms with E-state index in [0.717, 1.165) is 16.7 Å². The van der Waals surface area contributed by atoms with E-state index in [9.17, 15) is 4.79 Å². The molecule has 0 amide bonds. The van der Waals surface area contributed by atoms with Crippen LogP contribution in [0.3, 0.4) is 0 Å². The fourth-order valence-corrected chi connectivity index (χ4v) is 1.50. The Labute approximate surface area is 95.1 Å². The number of aromatic amines is 1. The van der Waals surface area contributed by atoms with E-state index in [2.05, 4.69) is 4.98 Å². The number of methoxy groups -OCH3 is 1. The number of aryl methyl sites for hydroxylation is 1. The van der Waals surface area contributed by atoms with Crippen molar-refractivity contribution in [3.63, 3.8) is 0 Å². The molecule has 0 aliphatic heterocycles. The Morgan fingerprint density at radius 3 is 2.50 bits per heavy atom. The van der Waals surface area contributed by atoms with Crippen LogP contribution in [0.1, 0.15) is 19.4 Å². The van der Waals surface area contributed by atoms with Gasteiger partial charge in [0.25, 0.3) is 5.56 Å². The number of pyridine rings is 1. The Balaban J connectivity index is 0.000000606. The van der Waals surface area contributed by atoms with Crippen LogP contribution in [0.4, 0.5) is 0 Å². The summed E-state index contributed by atoms with van der Waals surface area (Å²) in [4.78, 5) is 14.1. The van der Waals surface area contributed by atoms with Crippen LogP contribution in [0.25, 0.3) is 10.8 Å². The first-order valence-corrected chi connectivity index (χ1v) is 5.38. The molecule has 1 aromatic carbocycles. The molecular formula is C13H17NO2. The minimum atomic E-state index is -0.0618. The lowest BCUT2D eigenvalue weighted by Crippen LogP contribution is -2.05. The lowest BCUT2D eigenvalue weighted by Gasteiger charge is -2.03. The van der Waals surface area contributed by atoms with Crippen molar-refractivity contribution in [1.82, 2.24) is 4.98 Å². The molecule has 0 atom stereocenters. The molecular weight excluding hydrogens is 202 g/mol. The Hall–Kier alpha value is -1.77. The highest BCUT2D eigenvalue weighted by molar-refractivity contribution is 5.85. The number of rotatable bonds is 1. The van der Waals surface area contributed by atoms with Crippen molar-refractivity contribution < 1.29 is 4.74 Å². The maximum Gasteiger partial charge on any atom is 0.255 e. The van der Waals surface area contributed by atoms with Crippen LogP contribution in [-0.4, -0.2) is 12.1 Å². The van der Waals surface area contributed by atoms with E-state index < -0.39 is 0 Å². The van der Waals surface area contributed by atoms with Gasteiger partial charge in [-0.2, -0.15) is 0 Å². The van der Waals surface area contributed by atoms with Crippen LogP contribution in [0.5, 0.6) is 5.75 Å². The van der Waals surface area contributed by atoms with Gasteiger partial charge in [0.15, 0.2) is 0 Å². The molecule has 3 nitrogen and oxygen atoms in total. The number of benzene rings is 1. The van der Waals surface area contributed by atoms with Gasteiger partial charge in [0.05, 0.1) is 7.11 Å². The zero-order valence-electron chi connectivity index (χ0n) is 10.1. The number of hydrogen-bond donors (Lipinski definition) is 1. The number of aromatic nitrogens is 1. The second-order valence-electron chi connectivity index (χ2n) is 3.21. The first-order valence-electron chi connectivity index (χ1n) is 5.38. The molecule has 0 bridgehead atoms. The topological polar surface area (TPSA) is 42.1 Å². The molecule has 0 saturated carbocycles. The molecule has 0 fully saturated rings. The fourth-order valence-electron chi connectivity index (χ4n) is 1.50. The summed E-state index contributed by atoms with van der Waals surface area (Å²) in [7, 11) is 1.61. The van der Waals surface area contributed by atoms with E-state index in [1.54, 1.807) is 25.4 Å². The van der Waals surface area contributed by atoms with Gasteiger partial charge in [0.2, 0.25) is 0 Å². The van der Waals surface area contributed by atoms with Crippen molar-refractivity contribution in [2.45, 2.75) is 20.8 Å². The molecule has 1 heterocycles. The Kier molecular flexibility index (Phi) is 4.11. The fraction of sp³-hybridized carbons (Fsp3) is 0.308. The van der Waals surface area contributed by atoms with Crippen LogP contribution < -0.4 is 10.3 Å². The molecule has 0 aliphatic rings. The predicted octanol–water partition coefficient (Wildman–Crippen LogP) is 2.87. The van der Waals surface area contributed by atoms with E-state index in [0.29, 0.717) is 5.39 Å². The number of ether oxygens (including phenoxy) is 1. The number of nitrogens with one attached hydrogen (secondary N) is 1. The molecule has 2 aromatic rings. The van der Waals surface area contributed by atoms with Crippen molar-refractivity contribution in [2.75, 3.05) is 7.11 Å². The highest BCUT2D eigenvalue weighted by Crippen LogP contribution is 2.20. The maximum atomic E-state index is 11.4. The van der Waals surface area contributed by atoms with Crippen molar-refractivity contribution >= 4 is 10.8 Å². The standard InChI is InChI=1S/C11H11NO2.C2H6/c1-7-6-12-11(13)9-4-3-8(14-2)5-10(7)9;1-2/h3-6H,1-2H3,(H,12,13);1-2H3. The van der Waals surface area contributed by atoms with Crippen molar-refractivity contribution in [3.8, 4) is 5.75 Å². The monoisotopic (exact) mass is 219 g/mol. The molecule has 16 heavy (non-hydrogen) atoms. The highest BCUT2D eigenvalue weighted by atomic mass is 16.5. The summed E-state index contributed by atoms with van der Waals surface area (Å²) in [6.45, 7) is 5.96. The van der Waals surface area contributed by atoms with Gasteiger partial charge in [-0.05, 0) is 36.1 Å². The first-order chi connectivity index (χ1) is 7.72. The third-order valence-electron chi connectivity index (χ3n) is 2.32. The van der Waals surface area contributed by atoms with Crippen LogP contribution in [0.2, 0.25) is 0 Å². The molecule has 0 unspecified atom stereocenters. The summed E-state index contributed by atoms with van der Waals surface area (Å²) in [5.74, 6) is 0.770. The third kappa shape index (κ3) is 2.24. The number of fused-ring (bicyclic) bond motifs is 1. The smallest absolute Gasteiger partial charge is 0.255 e. The van der Waals surface area contributed by atoms with Crippen molar-refractivity contribution in [3.05, 3.63) is 40.3 Å². The van der Waals surface area contributed by atoms with E-state index in [1.807, 2.05) is 26.8 Å². The zero-order valence-corrected chi connectivity index (χ0v) is 10.1. The summed E-state index contributed by atoms with van der Waals surface area (Å²) >= 11 is 0. The van der Waals surface area contributed by atoms with Gasteiger partial charge >= 0.3 is 0 Å². The SMILES string of the molecule is CC.COc1ccc2c(=O)[nH]cc(C)c2c1. The first kappa shape index (κ1) is 12.3. The second-order valence-corrected chi connectivity index (χ2v) is 3.21. The van der Waals surface area contributed by atoms with Gasteiger partial charge in [0.1, 0.15) is 5.75 Å². The van der Waals surface area contributed by atoms with Gasteiger partial charge in [-0.1, -0.05) is 13.8 Å².